The minimum absolute atomic E-state index is 0.146. The van der Waals surface area contributed by atoms with Gasteiger partial charge in [0.2, 0.25) is 0 Å². The van der Waals surface area contributed by atoms with Crippen LogP contribution in [0, 0.1) is 12.8 Å². The van der Waals surface area contributed by atoms with Gasteiger partial charge in [0.05, 0.1) is 0 Å². The van der Waals surface area contributed by atoms with Crippen LogP contribution in [0.4, 0.5) is 0 Å². The lowest BCUT2D eigenvalue weighted by atomic mass is 10.1. The number of hydrogen-bond donors (Lipinski definition) is 1. The van der Waals surface area contributed by atoms with Gasteiger partial charge in [-0.3, -0.25) is 4.79 Å². The molecule has 2 heteroatoms. The van der Waals surface area contributed by atoms with Gasteiger partial charge in [-0.25, -0.2) is 0 Å². The molecule has 0 heterocycles. The van der Waals surface area contributed by atoms with Crippen molar-refractivity contribution in [3.05, 3.63) is 6.92 Å². The normalized spacial score (nSPS) is 13.4. The maximum absolute atomic E-state index is 10.6. The molecule has 0 aliphatic heterocycles. The van der Waals surface area contributed by atoms with Crippen molar-refractivity contribution in [1.82, 2.24) is 0 Å². The lowest BCUT2D eigenvalue weighted by Crippen LogP contribution is -2.19. The van der Waals surface area contributed by atoms with Crippen LogP contribution >= 0.6 is 0 Å². The molecule has 0 aromatic rings. The van der Waals surface area contributed by atoms with E-state index in [1.54, 1.807) is 0 Å². The largest absolute Gasteiger partial charge is 0.330 e. The fraction of sp³-hybridized carbons (Fsp3) is 0.667. The van der Waals surface area contributed by atoms with E-state index in [1.807, 2.05) is 6.92 Å². The Bertz CT molecular complexity index is 80.6. The van der Waals surface area contributed by atoms with Crippen LogP contribution in [0.1, 0.15) is 13.3 Å². The number of nitrogens with two attached hydrogens (primary N) is 1. The summed E-state index contributed by atoms with van der Waals surface area (Å²) in [5, 5.41) is 0. The van der Waals surface area contributed by atoms with Gasteiger partial charge in [0, 0.05) is 18.9 Å². The molecule has 0 amide bonds. The lowest BCUT2D eigenvalue weighted by Gasteiger charge is -2.01. The molecule has 2 N–H and O–H groups in total. The molecule has 0 aromatic carbocycles. The third kappa shape index (κ3) is 2.07. The van der Waals surface area contributed by atoms with Crippen molar-refractivity contribution < 1.29 is 4.79 Å². The van der Waals surface area contributed by atoms with Crippen LogP contribution in [-0.2, 0) is 4.79 Å². The topological polar surface area (TPSA) is 43.1 Å². The zero-order chi connectivity index (χ0) is 6.57. The Labute approximate surface area is 50.1 Å². The fourth-order valence-corrected chi connectivity index (χ4v) is 0.420. The van der Waals surface area contributed by atoms with Gasteiger partial charge in [0.15, 0.2) is 0 Å². The zero-order valence-corrected chi connectivity index (χ0v) is 5.18. The molecule has 1 atom stereocenters. The van der Waals surface area contributed by atoms with Gasteiger partial charge in [-0.2, -0.15) is 0 Å². The maximum Gasteiger partial charge on any atom is 0.136 e. The van der Waals surface area contributed by atoms with Crippen molar-refractivity contribution in [2.75, 3.05) is 6.54 Å². The number of rotatable bonds is 3. The number of hydrogen-bond acceptors (Lipinski definition) is 2. The van der Waals surface area contributed by atoms with E-state index >= 15 is 0 Å². The second-order valence-electron chi connectivity index (χ2n) is 1.75. The predicted molar refractivity (Wildman–Crippen MR) is 33.2 cm³/mol. The van der Waals surface area contributed by atoms with E-state index in [2.05, 4.69) is 6.92 Å². The standard InChI is InChI=1S/C6H12NO/c1-3-6(8)5(2)4-7/h5H,2-4,7H2,1H3. The van der Waals surface area contributed by atoms with E-state index in [0.717, 1.165) is 0 Å². The Kier molecular flexibility index (Phi) is 3.44. The summed E-state index contributed by atoms with van der Waals surface area (Å²) in [4.78, 5) is 10.6. The third-order valence-electron chi connectivity index (χ3n) is 1.09. The third-order valence-corrected chi connectivity index (χ3v) is 1.09. The van der Waals surface area contributed by atoms with Gasteiger partial charge in [0.25, 0.3) is 0 Å². The smallest absolute Gasteiger partial charge is 0.136 e. The summed E-state index contributed by atoms with van der Waals surface area (Å²) in [6.07, 6.45) is 0.547. The average Bonchev–Trinajstić information content (AvgIpc) is 1.84. The van der Waals surface area contributed by atoms with Crippen molar-refractivity contribution in [3.8, 4) is 0 Å². The maximum atomic E-state index is 10.6. The lowest BCUT2D eigenvalue weighted by molar-refractivity contribution is -0.121. The Morgan fingerprint density at radius 2 is 2.38 bits per heavy atom. The number of ketones is 1. The fourth-order valence-electron chi connectivity index (χ4n) is 0.420. The molecule has 2 nitrogen and oxygen atoms in total. The highest BCUT2D eigenvalue weighted by molar-refractivity contribution is 5.81. The van der Waals surface area contributed by atoms with Crippen LogP contribution in [0.5, 0.6) is 0 Å². The van der Waals surface area contributed by atoms with Crippen molar-refractivity contribution in [3.63, 3.8) is 0 Å². The van der Waals surface area contributed by atoms with Crippen molar-refractivity contribution in [2.24, 2.45) is 11.7 Å². The average molecular weight is 114 g/mol. The highest BCUT2D eigenvalue weighted by atomic mass is 16.1. The molecule has 0 aliphatic carbocycles. The summed E-state index contributed by atoms with van der Waals surface area (Å²) in [7, 11) is 0. The van der Waals surface area contributed by atoms with Gasteiger partial charge in [-0.1, -0.05) is 6.92 Å². The second kappa shape index (κ2) is 3.61. The van der Waals surface area contributed by atoms with Gasteiger partial charge in [0.1, 0.15) is 5.78 Å². The molecule has 1 radical (unpaired) electrons. The van der Waals surface area contributed by atoms with Crippen LogP contribution in [0.25, 0.3) is 0 Å². The predicted octanol–water partition coefficient (Wildman–Crippen LogP) is 0.374. The van der Waals surface area contributed by atoms with E-state index in [0.29, 0.717) is 13.0 Å². The second-order valence-corrected chi connectivity index (χ2v) is 1.75. The van der Waals surface area contributed by atoms with Crippen molar-refractivity contribution >= 4 is 5.78 Å². The minimum atomic E-state index is -0.194. The summed E-state index contributed by atoms with van der Waals surface area (Å²) in [6, 6.07) is 0. The van der Waals surface area contributed by atoms with Crippen LogP contribution < -0.4 is 5.73 Å². The molecule has 0 rings (SSSR count). The van der Waals surface area contributed by atoms with Crippen LogP contribution in [0.2, 0.25) is 0 Å². The van der Waals surface area contributed by atoms with Crippen LogP contribution in [0.3, 0.4) is 0 Å². The molecule has 0 spiro atoms. The monoisotopic (exact) mass is 114 g/mol. The van der Waals surface area contributed by atoms with Gasteiger partial charge in [-0.05, 0) is 6.92 Å². The molecule has 0 aliphatic rings. The Hall–Kier alpha value is -0.370. The van der Waals surface area contributed by atoms with Gasteiger partial charge in [-0.15, -0.1) is 0 Å². The molecular formula is C6H12NO. The summed E-state index contributed by atoms with van der Waals surface area (Å²) in [6.45, 7) is 5.74. The Morgan fingerprint density at radius 3 is 2.50 bits per heavy atom. The van der Waals surface area contributed by atoms with Crippen molar-refractivity contribution in [2.45, 2.75) is 13.3 Å². The first-order valence-electron chi connectivity index (χ1n) is 2.78. The number of carbonyl (C=O) groups is 1. The molecule has 0 saturated carbocycles. The summed E-state index contributed by atoms with van der Waals surface area (Å²) in [5.41, 5.74) is 5.17. The van der Waals surface area contributed by atoms with E-state index < -0.39 is 0 Å². The van der Waals surface area contributed by atoms with Gasteiger partial charge < -0.3 is 5.73 Å². The first-order valence-corrected chi connectivity index (χ1v) is 2.78. The first-order chi connectivity index (χ1) is 3.72. The minimum Gasteiger partial charge on any atom is -0.330 e. The highest BCUT2D eigenvalue weighted by Gasteiger charge is 2.06. The number of carbonyl (C=O) groups excluding carboxylic acids is 1. The van der Waals surface area contributed by atoms with E-state index in [9.17, 15) is 4.79 Å². The quantitative estimate of drug-likeness (QED) is 0.576. The van der Waals surface area contributed by atoms with E-state index in [-0.39, 0.29) is 11.7 Å². The Balaban J connectivity index is 3.46. The van der Waals surface area contributed by atoms with Crippen LogP contribution in [0.15, 0.2) is 0 Å². The molecule has 1 unspecified atom stereocenters. The molecule has 0 aromatic heterocycles. The molecule has 0 bridgehead atoms. The number of Topliss-reactive ketones (excluding diaryl/α,β-unsaturated/α-hetero) is 1. The Morgan fingerprint density at radius 1 is 1.88 bits per heavy atom. The molecule has 47 valence electrons. The molecular weight excluding hydrogens is 102 g/mol. The highest BCUT2D eigenvalue weighted by Crippen LogP contribution is 1.95. The van der Waals surface area contributed by atoms with E-state index in [4.69, 9.17) is 5.73 Å². The van der Waals surface area contributed by atoms with Gasteiger partial charge >= 0.3 is 0 Å². The summed E-state index contributed by atoms with van der Waals surface area (Å²) >= 11 is 0. The molecule has 0 saturated heterocycles. The summed E-state index contributed by atoms with van der Waals surface area (Å²) < 4.78 is 0. The first kappa shape index (κ1) is 7.63. The zero-order valence-electron chi connectivity index (χ0n) is 5.18. The molecule has 8 heavy (non-hydrogen) atoms. The van der Waals surface area contributed by atoms with Crippen molar-refractivity contribution in [1.29, 1.82) is 0 Å². The molecule has 0 fully saturated rings. The van der Waals surface area contributed by atoms with E-state index in [1.165, 1.54) is 0 Å². The SMILES string of the molecule is [CH2]C(CN)C(=O)CC. The van der Waals surface area contributed by atoms with Crippen LogP contribution in [-0.4, -0.2) is 12.3 Å². The summed E-state index contributed by atoms with van der Waals surface area (Å²) in [5.74, 6) is -0.0486.